The number of fused-ring (bicyclic) bond motifs is 2. The van der Waals surface area contributed by atoms with Gasteiger partial charge in [-0.2, -0.15) is 0 Å². The largest absolute Gasteiger partial charge is 0.325 e. The van der Waals surface area contributed by atoms with Crippen molar-refractivity contribution < 1.29 is 0 Å². The summed E-state index contributed by atoms with van der Waals surface area (Å²) in [4.78, 5) is 27.0. The molecule has 0 radical (unpaired) electrons. The van der Waals surface area contributed by atoms with Crippen molar-refractivity contribution in [3.63, 3.8) is 0 Å². The Labute approximate surface area is 98.7 Å². The van der Waals surface area contributed by atoms with E-state index < -0.39 is 5.69 Å². The molecule has 2 aliphatic carbocycles. The van der Waals surface area contributed by atoms with Gasteiger partial charge in [0.1, 0.15) is 0 Å². The Morgan fingerprint density at radius 1 is 1.24 bits per heavy atom. The molecule has 3 rings (SSSR count). The zero-order chi connectivity index (χ0) is 11.8. The molecule has 0 aromatic carbocycles. The summed E-state index contributed by atoms with van der Waals surface area (Å²) in [5, 5.41) is 3.46. The van der Waals surface area contributed by atoms with Crippen molar-refractivity contribution in [2.75, 3.05) is 0 Å². The average molecular weight is 235 g/mol. The zero-order valence-electron chi connectivity index (χ0n) is 9.66. The van der Waals surface area contributed by atoms with Crippen LogP contribution in [-0.2, 0) is 6.54 Å². The molecule has 1 heterocycles. The Kier molecular flexibility index (Phi) is 2.63. The molecular weight excluding hydrogens is 218 g/mol. The number of H-pyrrole nitrogens is 2. The minimum atomic E-state index is -0.428. The molecule has 3 N–H and O–H groups in total. The molecule has 0 amide bonds. The van der Waals surface area contributed by atoms with Gasteiger partial charge in [-0.1, -0.05) is 6.42 Å². The first-order valence-electron chi connectivity index (χ1n) is 6.26. The van der Waals surface area contributed by atoms with Crippen LogP contribution in [0.2, 0.25) is 0 Å². The van der Waals surface area contributed by atoms with Gasteiger partial charge in [0.2, 0.25) is 0 Å². The van der Waals surface area contributed by atoms with E-state index in [0.29, 0.717) is 18.3 Å². The van der Waals surface area contributed by atoms with E-state index in [1.54, 1.807) is 0 Å². The molecule has 2 bridgehead atoms. The molecule has 0 saturated heterocycles. The predicted molar refractivity (Wildman–Crippen MR) is 63.8 cm³/mol. The van der Waals surface area contributed by atoms with Gasteiger partial charge in [0.05, 0.1) is 0 Å². The van der Waals surface area contributed by atoms with E-state index in [1.807, 2.05) is 0 Å². The summed E-state index contributed by atoms with van der Waals surface area (Å²) in [6.07, 6.45) is 5.31. The molecular formula is C12H17N3O2. The van der Waals surface area contributed by atoms with Gasteiger partial charge in [-0.3, -0.25) is 9.78 Å². The molecule has 2 saturated carbocycles. The maximum atomic E-state index is 11.1. The monoisotopic (exact) mass is 235 g/mol. The summed E-state index contributed by atoms with van der Waals surface area (Å²) < 4.78 is 0. The van der Waals surface area contributed by atoms with Crippen molar-refractivity contribution in [3.05, 3.63) is 32.6 Å². The lowest BCUT2D eigenvalue weighted by atomic mass is 9.95. The van der Waals surface area contributed by atoms with Crippen LogP contribution in [0.4, 0.5) is 0 Å². The van der Waals surface area contributed by atoms with Gasteiger partial charge in [-0.05, 0) is 31.1 Å². The maximum absolute atomic E-state index is 11.1. The summed E-state index contributed by atoms with van der Waals surface area (Å²) in [5.74, 6) is 1.70. The first-order chi connectivity index (χ1) is 8.20. The van der Waals surface area contributed by atoms with Crippen molar-refractivity contribution >= 4 is 0 Å². The van der Waals surface area contributed by atoms with E-state index in [-0.39, 0.29) is 5.56 Å². The molecule has 2 fully saturated rings. The number of nitrogens with one attached hydrogen (secondary N) is 3. The van der Waals surface area contributed by atoms with Crippen LogP contribution in [0.1, 0.15) is 31.4 Å². The first-order valence-corrected chi connectivity index (χ1v) is 6.26. The highest BCUT2D eigenvalue weighted by Gasteiger charge is 2.38. The highest BCUT2D eigenvalue weighted by atomic mass is 16.2. The average Bonchev–Trinajstić information content (AvgIpc) is 2.86. The summed E-state index contributed by atoms with van der Waals surface area (Å²) in [7, 11) is 0. The second-order valence-electron chi connectivity index (χ2n) is 5.28. The molecule has 0 spiro atoms. The third-order valence-electron chi connectivity index (χ3n) is 4.11. The van der Waals surface area contributed by atoms with E-state index >= 15 is 0 Å². The highest BCUT2D eigenvalue weighted by Crippen LogP contribution is 2.44. The standard InChI is InChI=1S/C12H17N3O2/c16-11-5-9(14-12(17)15-11)6-13-10-4-7-1-2-8(10)3-7/h5,7-8,10,13H,1-4,6H2,(H2,14,15,16,17)/t7-,8-,10+/m1/s1. The molecule has 92 valence electrons. The first kappa shape index (κ1) is 10.8. The van der Waals surface area contributed by atoms with Crippen LogP contribution < -0.4 is 16.6 Å². The van der Waals surface area contributed by atoms with Crippen LogP contribution in [0, 0.1) is 11.8 Å². The Bertz CT molecular complexity index is 491. The van der Waals surface area contributed by atoms with Crippen LogP contribution in [0.3, 0.4) is 0 Å². The van der Waals surface area contributed by atoms with Crippen molar-refractivity contribution in [1.29, 1.82) is 0 Å². The lowest BCUT2D eigenvalue weighted by Gasteiger charge is -2.22. The fourth-order valence-corrected chi connectivity index (χ4v) is 3.35. The second-order valence-corrected chi connectivity index (χ2v) is 5.28. The number of hydrogen-bond acceptors (Lipinski definition) is 3. The fourth-order valence-electron chi connectivity index (χ4n) is 3.35. The van der Waals surface area contributed by atoms with E-state index in [4.69, 9.17) is 0 Å². The molecule has 3 atom stereocenters. The van der Waals surface area contributed by atoms with Crippen LogP contribution in [0.5, 0.6) is 0 Å². The fraction of sp³-hybridized carbons (Fsp3) is 0.667. The van der Waals surface area contributed by atoms with Crippen LogP contribution in [0.25, 0.3) is 0 Å². The van der Waals surface area contributed by atoms with E-state index in [1.165, 1.54) is 31.7 Å². The molecule has 1 aromatic rings. The Morgan fingerprint density at radius 3 is 2.76 bits per heavy atom. The zero-order valence-corrected chi connectivity index (χ0v) is 9.66. The number of aromatic nitrogens is 2. The Morgan fingerprint density at radius 2 is 2.12 bits per heavy atom. The normalized spacial score (nSPS) is 30.9. The van der Waals surface area contributed by atoms with Crippen LogP contribution in [0.15, 0.2) is 15.7 Å². The third kappa shape index (κ3) is 2.20. The van der Waals surface area contributed by atoms with Crippen molar-refractivity contribution in [3.8, 4) is 0 Å². The van der Waals surface area contributed by atoms with Gasteiger partial charge in [-0.25, -0.2) is 4.79 Å². The summed E-state index contributed by atoms with van der Waals surface area (Å²) in [5.41, 5.74) is -0.0951. The minimum Gasteiger partial charge on any atom is -0.310 e. The molecule has 17 heavy (non-hydrogen) atoms. The van der Waals surface area contributed by atoms with Crippen LogP contribution in [-0.4, -0.2) is 16.0 Å². The second kappa shape index (κ2) is 4.14. The predicted octanol–water partition coefficient (Wildman–Crippen LogP) is 0.341. The molecule has 5 nitrogen and oxygen atoms in total. The molecule has 2 aliphatic rings. The smallest absolute Gasteiger partial charge is 0.310 e. The third-order valence-corrected chi connectivity index (χ3v) is 4.11. The maximum Gasteiger partial charge on any atom is 0.325 e. The lowest BCUT2D eigenvalue weighted by molar-refractivity contribution is 0.349. The summed E-state index contributed by atoms with van der Waals surface area (Å²) in [6, 6.07) is 2.01. The summed E-state index contributed by atoms with van der Waals surface area (Å²) >= 11 is 0. The van der Waals surface area contributed by atoms with Gasteiger partial charge in [0, 0.05) is 24.3 Å². The van der Waals surface area contributed by atoms with Gasteiger partial charge < -0.3 is 10.3 Å². The SMILES string of the molecule is O=c1cc(CN[C@H]2C[C@@H]3CC[C@@H]2C3)[nH]c(=O)[nH]1. The highest BCUT2D eigenvalue weighted by molar-refractivity contribution is 5.00. The molecule has 0 unspecified atom stereocenters. The molecule has 0 aliphatic heterocycles. The van der Waals surface area contributed by atoms with Crippen molar-refractivity contribution in [1.82, 2.24) is 15.3 Å². The van der Waals surface area contributed by atoms with Gasteiger partial charge in [0.25, 0.3) is 5.56 Å². The number of aromatic amines is 2. The number of hydrogen-bond donors (Lipinski definition) is 3. The van der Waals surface area contributed by atoms with E-state index in [2.05, 4.69) is 15.3 Å². The Hall–Kier alpha value is -1.36. The lowest BCUT2D eigenvalue weighted by Crippen LogP contribution is -2.35. The van der Waals surface area contributed by atoms with Gasteiger partial charge in [0.15, 0.2) is 0 Å². The minimum absolute atomic E-state index is 0.335. The van der Waals surface area contributed by atoms with Crippen molar-refractivity contribution in [2.45, 2.75) is 38.3 Å². The van der Waals surface area contributed by atoms with Crippen molar-refractivity contribution in [2.24, 2.45) is 11.8 Å². The topological polar surface area (TPSA) is 77.8 Å². The van der Waals surface area contributed by atoms with Crippen LogP contribution >= 0.6 is 0 Å². The van der Waals surface area contributed by atoms with Gasteiger partial charge >= 0.3 is 5.69 Å². The molecule has 5 heteroatoms. The van der Waals surface area contributed by atoms with Gasteiger partial charge in [-0.15, -0.1) is 0 Å². The quantitative estimate of drug-likeness (QED) is 0.707. The summed E-state index contributed by atoms with van der Waals surface area (Å²) in [6.45, 7) is 0.576. The van der Waals surface area contributed by atoms with E-state index in [0.717, 1.165) is 11.8 Å². The number of rotatable bonds is 3. The molecule has 1 aromatic heterocycles. The Balaban J connectivity index is 1.64. The van der Waals surface area contributed by atoms with E-state index in [9.17, 15) is 9.59 Å².